The van der Waals surface area contributed by atoms with Gasteiger partial charge in [-0.15, -0.1) is 0 Å². The number of hydrogen-bond donors (Lipinski definition) is 3. The van der Waals surface area contributed by atoms with Crippen molar-refractivity contribution < 1.29 is 32.7 Å². The third kappa shape index (κ3) is 9.09. The smallest absolute Gasteiger partial charge is 0.475 e. The van der Waals surface area contributed by atoms with E-state index in [0.29, 0.717) is 6.42 Å². The number of halogens is 3. The van der Waals surface area contributed by atoms with Crippen molar-refractivity contribution in [2.45, 2.75) is 63.2 Å². The fourth-order valence-electron chi connectivity index (χ4n) is 4.66. The molecule has 4 rings (SSSR count). The van der Waals surface area contributed by atoms with Crippen LogP contribution in [0.5, 0.6) is 0 Å². The van der Waals surface area contributed by atoms with Crippen LogP contribution in [-0.2, 0) is 16.0 Å². The second kappa shape index (κ2) is 14.5. The second-order valence-electron chi connectivity index (χ2n) is 9.83. The summed E-state index contributed by atoms with van der Waals surface area (Å²) in [4.78, 5) is 36.1. The lowest BCUT2D eigenvalue weighted by atomic mass is 9.98. The summed E-state index contributed by atoms with van der Waals surface area (Å²) in [6.45, 7) is 2.53. The lowest BCUT2D eigenvalue weighted by molar-refractivity contribution is -0.192. The highest BCUT2D eigenvalue weighted by Gasteiger charge is 2.38. The van der Waals surface area contributed by atoms with E-state index in [2.05, 4.69) is 16.7 Å². The molecular weight excluding hydrogens is 525 g/mol. The van der Waals surface area contributed by atoms with Gasteiger partial charge >= 0.3 is 12.1 Å². The molecule has 40 heavy (non-hydrogen) atoms. The van der Waals surface area contributed by atoms with E-state index in [-0.39, 0.29) is 17.9 Å². The fourth-order valence-corrected chi connectivity index (χ4v) is 4.66. The van der Waals surface area contributed by atoms with Crippen LogP contribution in [0, 0.1) is 11.3 Å². The van der Waals surface area contributed by atoms with Crippen molar-refractivity contribution in [3.63, 3.8) is 0 Å². The molecule has 0 spiro atoms. The molecule has 2 aliphatic rings. The van der Waals surface area contributed by atoms with E-state index in [1.54, 1.807) is 0 Å². The Bertz CT molecular complexity index is 1200. The van der Waals surface area contributed by atoms with Crippen molar-refractivity contribution in [3.05, 3.63) is 59.7 Å². The van der Waals surface area contributed by atoms with Crippen molar-refractivity contribution in [1.29, 1.82) is 5.26 Å². The number of nitrogens with zero attached hydrogens (tertiary/aromatic N) is 2. The highest BCUT2D eigenvalue weighted by molar-refractivity contribution is 5.95. The van der Waals surface area contributed by atoms with Crippen molar-refractivity contribution in [3.8, 4) is 17.2 Å². The first-order valence-corrected chi connectivity index (χ1v) is 13.3. The van der Waals surface area contributed by atoms with Crippen LogP contribution in [0.2, 0.25) is 0 Å². The molecule has 0 radical (unpaired) electrons. The summed E-state index contributed by atoms with van der Waals surface area (Å²) < 4.78 is 31.7. The number of nitrogens with one attached hydrogen (secondary N) is 2. The van der Waals surface area contributed by atoms with Gasteiger partial charge in [0.15, 0.2) is 0 Å². The summed E-state index contributed by atoms with van der Waals surface area (Å²) in [5.41, 5.74) is 3.73. The number of benzene rings is 2. The number of likely N-dealkylation sites (tertiary alicyclic amines) is 1. The maximum absolute atomic E-state index is 12.9. The first kappa shape index (κ1) is 30.6. The lowest BCUT2D eigenvalue weighted by Crippen LogP contribution is -2.49. The van der Waals surface area contributed by atoms with Crippen LogP contribution in [-0.4, -0.2) is 65.7 Å². The number of nitriles is 1. The quantitative estimate of drug-likeness (QED) is 0.486. The summed E-state index contributed by atoms with van der Waals surface area (Å²) in [6, 6.07) is 17.3. The minimum Gasteiger partial charge on any atom is -0.475 e. The highest BCUT2D eigenvalue weighted by Crippen LogP contribution is 2.23. The average Bonchev–Trinajstić information content (AvgIpc) is 2.97. The topological polar surface area (TPSA) is 123 Å². The van der Waals surface area contributed by atoms with Crippen molar-refractivity contribution in [2.24, 2.45) is 0 Å². The van der Waals surface area contributed by atoms with Gasteiger partial charge in [-0.25, -0.2) is 4.79 Å². The lowest BCUT2D eigenvalue weighted by Gasteiger charge is -2.26. The zero-order chi connectivity index (χ0) is 29.1. The van der Waals surface area contributed by atoms with Crippen molar-refractivity contribution >= 4 is 17.8 Å². The molecule has 0 aliphatic carbocycles. The Balaban J connectivity index is 0.000000559. The zero-order valence-electron chi connectivity index (χ0n) is 22.0. The molecule has 2 saturated heterocycles. The van der Waals surface area contributed by atoms with E-state index in [4.69, 9.17) is 9.90 Å². The predicted octanol–water partition coefficient (Wildman–Crippen LogP) is 4.31. The number of carboxylic acid groups (broad SMARTS) is 1. The summed E-state index contributed by atoms with van der Waals surface area (Å²) >= 11 is 0. The van der Waals surface area contributed by atoms with Gasteiger partial charge in [0, 0.05) is 25.1 Å². The third-order valence-electron chi connectivity index (χ3n) is 6.82. The first-order valence-electron chi connectivity index (χ1n) is 13.3. The van der Waals surface area contributed by atoms with Gasteiger partial charge in [-0.3, -0.25) is 9.59 Å². The van der Waals surface area contributed by atoms with Crippen LogP contribution in [0.1, 0.15) is 54.4 Å². The third-order valence-corrected chi connectivity index (χ3v) is 6.82. The number of rotatable bonds is 6. The van der Waals surface area contributed by atoms with Crippen LogP contribution >= 0.6 is 0 Å². The van der Waals surface area contributed by atoms with E-state index in [9.17, 15) is 28.0 Å². The summed E-state index contributed by atoms with van der Waals surface area (Å²) in [7, 11) is 0. The van der Waals surface area contributed by atoms with Crippen LogP contribution in [0.4, 0.5) is 13.2 Å². The summed E-state index contributed by atoms with van der Waals surface area (Å²) in [5.74, 6) is -2.74. The number of carbonyl (C=O) groups is 3. The average molecular weight is 559 g/mol. The number of carboxylic acids is 1. The molecule has 0 bridgehead atoms. The molecule has 0 aromatic heterocycles. The maximum Gasteiger partial charge on any atom is 0.490 e. The summed E-state index contributed by atoms with van der Waals surface area (Å²) in [6.07, 6.45) is 1.68. The molecule has 3 N–H and O–H groups in total. The van der Waals surface area contributed by atoms with Crippen LogP contribution in [0.3, 0.4) is 0 Å². The van der Waals surface area contributed by atoms with Crippen molar-refractivity contribution in [2.75, 3.05) is 19.6 Å². The maximum atomic E-state index is 12.9. The molecule has 2 heterocycles. The first-order chi connectivity index (χ1) is 19.1. The number of piperidine rings is 2. The van der Waals surface area contributed by atoms with E-state index in [1.807, 2.05) is 53.4 Å². The molecule has 2 fully saturated rings. The van der Waals surface area contributed by atoms with Gasteiger partial charge in [0.25, 0.3) is 5.91 Å². The van der Waals surface area contributed by atoms with E-state index < -0.39 is 18.2 Å². The molecule has 0 unspecified atom stereocenters. The second-order valence-corrected chi connectivity index (χ2v) is 9.83. The molecule has 214 valence electrons. The van der Waals surface area contributed by atoms with Crippen molar-refractivity contribution in [1.82, 2.24) is 15.5 Å². The molecule has 2 aliphatic heterocycles. The number of aliphatic carboxylic acids is 1. The van der Waals surface area contributed by atoms with Gasteiger partial charge in [-0.2, -0.15) is 18.4 Å². The minimum absolute atomic E-state index is 0.0898. The number of alkyl halides is 3. The highest BCUT2D eigenvalue weighted by atomic mass is 19.4. The van der Waals surface area contributed by atoms with E-state index in [0.717, 1.165) is 74.0 Å². The summed E-state index contributed by atoms with van der Waals surface area (Å²) in [5, 5.41) is 22.8. The molecule has 2 aromatic rings. The van der Waals surface area contributed by atoms with E-state index >= 15 is 0 Å². The van der Waals surface area contributed by atoms with Gasteiger partial charge in [0.05, 0.1) is 12.1 Å². The molecular formula is C29H33F3N4O4. The Labute approximate surface area is 231 Å². The number of amides is 2. The van der Waals surface area contributed by atoms with Crippen LogP contribution < -0.4 is 10.6 Å². The van der Waals surface area contributed by atoms with Crippen LogP contribution in [0.25, 0.3) is 11.1 Å². The monoisotopic (exact) mass is 558 g/mol. The Morgan fingerprint density at radius 1 is 1.02 bits per heavy atom. The van der Waals surface area contributed by atoms with E-state index in [1.165, 1.54) is 6.42 Å². The number of hydrogen-bond acceptors (Lipinski definition) is 5. The Kier molecular flexibility index (Phi) is 11.1. The minimum atomic E-state index is -5.08. The molecule has 11 heteroatoms. The molecule has 2 atom stereocenters. The van der Waals surface area contributed by atoms with Gasteiger partial charge < -0.3 is 20.6 Å². The molecule has 2 aromatic carbocycles. The van der Waals surface area contributed by atoms with Gasteiger partial charge in [-0.1, -0.05) is 42.8 Å². The standard InChI is InChI=1S/C27H32N4O2.C2HF3O2/c28-19-24(30-26(32)25-9-2-3-14-29-25)17-20-10-12-21(13-11-20)22-7-6-8-23(18-22)27(33)31-15-4-1-5-16-31;3-2(4,5)1(6)7/h6-8,10-13,18,24-25,29H,1-5,9,14-17H2,(H,30,32);(H,6,7)/t24-,25-;/m0./s1. The molecule has 8 nitrogen and oxygen atoms in total. The Morgan fingerprint density at radius 2 is 1.70 bits per heavy atom. The largest absolute Gasteiger partial charge is 0.490 e. The normalized spacial score (nSPS) is 17.9. The van der Waals surface area contributed by atoms with Gasteiger partial charge in [0.1, 0.15) is 6.04 Å². The molecule has 2 amide bonds. The van der Waals surface area contributed by atoms with Gasteiger partial charge in [0.2, 0.25) is 5.91 Å². The van der Waals surface area contributed by atoms with Gasteiger partial charge in [-0.05, 0) is 67.5 Å². The number of carbonyl (C=O) groups excluding carboxylic acids is 2. The zero-order valence-corrected chi connectivity index (χ0v) is 22.0. The Hall–Kier alpha value is -3.91. The Morgan fingerprint density at radius 3 is 2.27 bits per heavy atom. The fraction of sp³-hybridized carbons (Fsp3) is 0.448. The molecule has 0 saturated carbocycles. The SMILES string of the molecule is N#C[C@H](Cc1ccc(-c2cccc(C(=O)N3CCCCC3)c2)cc1)NC(=O)[C@@H]1CCCCN1.O=C(O)C(F)(F)F. The van der Waals surface area contributed by atoms with Crippen LogP contribution in [0.15, 0.2) is 48.5 Å². The predicted molar refractivity (Wildman–Crippen MR) is 142 cm³/mol.